The maximum Gasteiger partial charge on any atom is 0.0424 e. The number of rotatable bonds is 6. The van der Waals surface area contributed by atoms with Crippen LogP contribution in [0.4, 0.5) is 0 Å². The highest BCUT2D eigenvalue weighted by Gasteiger charge is 1.99. The summed E-state index contributed by atoms with van der Waals surface area (Å²) in [6.45, 7) is 2.22. The molecule has 0 aromatic rings. The van der Waals surface area contributed by atoms with Gasteiger partial charge in [-0.3, -0.25) is 0 Å². The summed E-state index contributed by atoms with van der Waals surface area (Å²) in [6, 6.07) is 0. The minimum Gasteiger partial charge on any atom is -0.178 e. The molecule has 0 aliphatic carbocycles. The molecule has 1 atom stereocenters. The number of halogens is 1. The van der Waals surface area contributed by atoms with E-state index >= 15 is 0 Å². The molecule has 0 aliphatic heterocycles. The van der Waals surface area contributed by atoms with Crippen molar-refractivity contribution in [2.24, 2.45) is 0 Å². The van der Waals surface area contributed by atoms with Crippen molar-refractivity contribution in [2.75, 3.05) is 5.75 Å². The molecule has 62 valence electrons. The zero-order valence-electron chi connectivity index (χ0n) is 6.65. The standard InChI is InChI=1S/C8H17ClS/c1-2-3-4-5-6-8(9)7-10/h8,10H,2-7H2,1H3. The van der Waals surface area contributed by atoms with Crippen LogP contribution < -0.4 is 0 Å². The molecule has 10 heavy (non-hydrogen) atoms. The van der Waals surface area contributed by atoms with Crippen LogP contribution in [-0.4, -0.2) is 11.1 Å². The molecule has 0 N–H and O–H groups in total. The fourth-order valence-corrected chi connectivity index (χ4v) is 1.22. The van der Waals surface area contributed by atoms with Crippen molar-refractivity contribution in [2.45, 2.75) is 44.4 Å². The van der Waals surface area contributed by atoms with Crippen molar-refractivity contribution < 1.29 is 0 Å². The van der Waals surface area contributed by atoms with Gasteiger partial charge in [0.1, 0.15) is 0 Å². The van der Waals surface area contributed by atoms with Gasteiger partial charge in [-0.2, -0.15) is 12.6 Å². The average Bonchev–Trinajstić information content (AvgIpc) is 1.98. The first kappa shape index (κ1) is 10.6. The smallest absolute Gasteiger partial charge is 0.0424 e. The Bertz CT molecular complexity index is 66.3. The van der Waals surface area contributed by atoms with E-state index in [9.17, 15) is 0 Å². The van der Waals surface area contributed by atoms with Crippen LogP contribution in [0.5, 0.6) is 0 Å². The maximum atomic E-state index is 5.87. The highest BCUT2D eigenvalue weighted by Crippen LogP contribution is 2.10. The Hall–Kier alpha value is 0.640. The molecule has 0 radical (unpaired) electrons. The van der Waals surface area contributed by atoms with E-state index in [1.165, 1.54) is 25.7 Å². The third-order valence-electron chi connectivity index (χ3n) is 1.57. The Morgan fingerprint density at radius 3 is 2.50 bits per heavy atom. The second-order valence-electron chi connectivity index (χ2n) is 2.63. The molecule has 0 aromatic carbocycles. The second kappa shape index (κ2) is 7.74. The van der Waals surface area contributed by atoms with E-state index in [4.69, 9.17) is 11.6 Å². The quantitative estimate of drug-likeness (QED) is 0.361. The summed E-state index contributed by atoms with van der Waals surface area (Å²) in [5, 5.41) is 0.292. The number of unbranched alkanes of at least 4 members (excludes halogenated alkanes) is 3. The molecular formula is C8H17ClS. The summed E-state index contributed by atoms with van der Waals surface area (Å²) in [6.07, 6.45) is 6.37. The Balaban J connectivity index is 2.89. The Kier molecular flexibility index (Phi) is 8.24. The van der Waals surface area contributed by atoms with Crippen LogP contribution in [0.2, 0.25) is 0 Å². The third-order valence-corrected chi connectivity index (χ3v) is 2.60. The molecule has 0 saturated heterocycles. The third kappa shape index (κ3) is 6.76. The number of thiol groups is 1. The largest absolute Gasteiger partial charge is 0.178 e. The zero-order chi connectivity index (χ0) is 7.82. The van der Waals surface area contributed by atoms with Gasteiger partial charge in [0.15, 0.2) is 0 Å². The Labute approximate surface area is 74.8 Å². The summed E-state index contributed by atoms with van der Waals surface area (Å²) < 4.78 is 0. The predicted molar refractivity (Wildman–Crippen MR) is 52.3 cm³/mol. The maximum absolute atomic E-state index is 5.87. The highest BCUT2D eigenvalue weighted by molar-refractivity contribution is 7.80. The molecule has 0 saturated carbocycles. The average molecular weight is 181 g/mol. The molecule has 0 aromatic heterocycles. The topological polar surface area (TPSA) is 0 Å². The summed E-state index contributed by atoms with van der Waals surface area (Å²) in [7, 11) is 0. The van der Waals surface area contributed by atoms with E-state index in [0.717, 1.165) is 12.2 Å². The van der Waals surface area contributed by atoms with Crippen LogP contribution in [0.15, 0.2) is 0 Å². The van der Waals surface area contributed by atoms with Gasteiger partial charge in [-0.15, -0.1) is 11.6 Å². The minimum absolute atomic E-state index is 0.292. The molecule has 0 bridgehead atoms. The number of hydrogen-bond acceptors (Lipinski definition) is 1. The van der Waals surface area contributed by atoms with E-state index < -0.39 is 0 Å². The second-order valence-corrected chi connectivity index (χ2v) is 3.61. The first-order chi connectivity index (χ1) is 4.81. The molecule has 0 spiro atoms. The molecule has 0 aliphatic rings. The Morgan fingerprint density at radius 2 is 2.00 bits per heavy atom. The van der Waals surface area contributed by atoms with Gasteiger partial charge in [0.25, 0.3) is 0 Å². The Morgan fingerprint density at radius 1 is 1.30 bits per heavy atom. The highest BCUT2D eigenvalue weighted by atomic mass is 35.5. The van der Waals surface area contributed by atoms with Crippen LogP contribution >= 0.6 is 24.2 Å². The van der Waals surface area contributed by atoms with Crippen molar-refractivity contribution in [3.05, 3.63) is 0 Å². The summed E-state index contributed by atoms with van der Waals surface area (Å²) in [5.74, 6) is 0.813. The first-order valence-electron chi connectivity index (χ1n) is 4.06. The van der Waals surface area contributed by atoms with E-state index in [1.54, 1.807) is 0 Å². The molecule has 0 nitrogen and oxygen atoms in total. The van der Waals surface area contributed by atoms with Gasteiger partial charge in [0, 0.05) is 11.1 Å². The lowest BCUT2D eigenvalue weighted by Crippen LogP contribution is -1.98. The lowest BCUT2D eigenvalue weighted by atomic mass is 10.1. The van der Waals surface area contributed by atoms with E-state index in [-0.39, 0.29) is 0 Å². The minimum atomic E-state index is 0.292. The van der Waals surface area contributed by atoms with Gasteiger partial charge in [-0.1, -0.05) is 32.6 Å². The van der Waals surface area contributed by atoms with Gasteiger partial charge >= 0.3 is 0 Å². The molecule has 0 amide bonds. The lowest BCUT2D eigenvalue weighted by Gasteiger charge is -2.03. The SMILES string of the molecule is CCCCCCC(Cl)CS. The van der Waals surface area contributed by atoms with E-state index in [2.05, 4.69) is 19.6 Å². The van der Waals surface area contributed by atoms with Gasteiger partial charge in [0.05, 0.1) is 0 Å². The molecular weight excluding hydrogens is 164 g/mol. The summed E-state index contributed by atoms with van der Waals surface area (Å²) >= 11 is 9.98. The molecule has 0 heterocycles. The normalized spacial score (nSPS) is 13.5. The van der Waals surface area contributed by atoms with Gasteiger partial charge in [-0.05, 0) is 6.42 Å². The van der Waals surface area contributed by atoms with Crippen molar-refractivity contribution in [3.8, 4) is 0 Å². The van der Waals surface area contributed by atoms with E-state index in [1.807, 2.05) is 0 Å². The lowest BCUT2D eigenvalue weighted by molar-refractivity contribution is 0.630. The summed E-state index contributed by atoms with van der Waals surface area (Å²) in [5.41, 5.74) is 0. The predicted octanol–water partition coefficient (Wildman–Crippen LogP) is 3.49. The van der Waals surface area contributed by atoms with Crippen LogP contribution in [0, 0.1) is 0 Å². The van der Waals surface area contributed by atoms with Crippen molar-refractivity contribution >= 4 is 24.2 Å². The van der Waals surface area contributed by atoms with Crippen molar-refractivity contribution in [1.82, 2.24) is 0 Å². The molecule has 0 fully saturated rings. The number of hydrogen-bond donors (Lipinski definition) is 1. The first-order valence-corrected chi connectivity index (χ1v) is 5.13. The monoisotopic (exact) mass is 180 g/mol. The molecule has 1 unspecified atom stereocenters. The van der Waals surface area contributed by atoms with Crippen molar-refractivity contribution in [3.63, 3.8) is 0 Å². The molecule has 0 rings (SSSR count). The van der Waals surface area contributed by atoms with Crippen molar-refractivity contribution in [1.29, 1.82) is 0 Å². The van der Waals surface area contributed by atoms with Crippen LogP contribution in [0.1, 0.15) is 39.0 Å². The molecule has 2 heteroatoms. The van der Waals surface area contributed by atoms with E-state index in [0.29, 0.717) is 5.38 Å². The summed E-state index contributed by atoms with van der Waals surface area (Å²) in [4.78, 5) is 0. The van der Waals surface area contributed by atoms with Gasteiger partial charge in [0.2, 0.25) is 0 Å². The van der Waals surface area contributed by atoms with Gasteiger partial charge in [-0.25, -0.2) is 0 Å². The van der Waals surface area contributed by atoms with Gasteiger partial charge < -0.3 is 0 Å². The fraction of sp³-hybridized carbons (Fsp3) is 1.00. The number of alkyl halides is 1. The fourth-order valence-electron chi connectivity index (χ4n) is 0.884. The van der Waals surface area contributed by atoms with Crippen LogP contribution in [-0.2, 0) is 0 Å². The van der Waals surface area contributed by atoms with Crippen LogP contribution in [0.3, 0.4) is 0 Å². The zero-order valence-corrected chi connectivity index (χ0v) is 8.30. The van der Waals surface area contributed by atoms with Crippen LogP contribution in [0.25, 0.3) is 0 Å².